The van der Waals surface area contributed by atoms with E-state index in [4.69, 9.17) is 5.73 Å². The highest BCUT2D eigenvalue weighted by molar-refractivity contribution is 9.10. The number of carbonyl (C=O) groups excluding carboxylic acids is 1. The second kappa shape index (κ2) is 7.50. The van der Waals surface area contributed by atoms with Gasteiger partial charge in [-0.1, -0.05) is 6.92 Å². The number of anilines is 2. The van der Waals surface area contributed by atoms with Gasteiger partial charge in [-0.15, -0.1) is 0 Å². The van der Waals surface area contributed by atoms with E-state index in [1.54, 1.807) is 18.2 Å². The minimum absolute atomic E-state index is 0.00683. The van der Waals surface area contributed by atoms with Crippen molar-refractivity contribution in [2.24, 2.45) is 0 Å². The first kappa shape index (κ1) is 16.0. The number of nitrogens with one attached hydrogen (secondary N) is 1. The minimum Gasteiger partial charge on any atom is -0.399 e. The van der Waals surface area contributed by atoms with Crippen LogP contribution in [0.1, 0.15) is 27.2 Å². The minimum atomic E-state index is -0.00683. The monoisotopic (exact) mass is 327 g/mol. The van der Waals surface area contributed by atoms with E-state index in [9.17, 15) is 4.79 Å². The van der Waals surface area contributed by atoms with Crippen LogP contribution in [-0.4, -0.2) is 29.9 Å². The van der Waals surface area contributed by atoms with Crippen LogP contribution in [0.3, 0.4) is 0 Å². The zero-order valence-electron chi connectivity index (χ0n) is 11.7. The van der Waals surface area contributed by atoms with Crippen molar-refractivity contribution >= 4 is 33.2 Å². The topological polar surface area (TPSA) is 58.4 Å². The Hall–Kier alpha value is -1.07. The molecule has 106 valence electrons. The lowest BCUT2D eigenvalue weighted by Gasteiger charge is -2.25. The van der Waals surface area contributed by atoms with Gasteiger partial charge in [0.25, 0.3) is 0 Å². The summed E-state index contributed by atoms with van der Waals surface area (Å²) in [5.41, 5.74) is 7.08. The number of nitrogens with zero attached hydrogens (tertiary/aromatic N) is 1. The van der Waals surface area contributed by atoms with Gasteiger partial charge in [0, 0.05) is 16.2 Å². The molecule has 0 atom stereocenters. The van der Waals surface area contributed by atoms with Crippen LogP contribution in [0.4, 0.5) is 11.4 Å². The maximum atomic E-state index is 12.0. The lowest BCUT2D eigenvalue weighted by atomic mass is 10.2. The number of nitrogen functional groups attached to an aromatic ring is 1. The SMILES string of the molecule is CCCN(CC(=O)Nc1ccc(N)cc1Br)C(C)C. The van der Waals surface area contributed by atoms with Crippen LogP contribution in [0.2, 0.25) is 0 Å². The van der Waals surface area contributed by atoms with Crippen LogP contribution in [0.15, 0.2) is 22.7 Å². The standard InChI is InChI=1S/C14H22BrN3O/c1-4-7-18(10(2)3)9-14(19)17-13-6-5-11(16)8-12(13)15/h5-6,8,10H,4,7,9,16H2,1-3H3,(H,17,19). The molecule has 0 aliphatic heterocycles. The molecule has 5 heteroatoms. The smallest absolute Gasteiger partial charge is 0.238 e. The third-order valence-corrected chi connectivity index (χ3v) is 3.51. The molecule has 0 saturated carbocycles. The van der Waals surface area contributed by atoms with Crippen molar-refractivity contribution in [1.29, 1.82) is 0 Å². The van der Waals surface area contributed by atoms with Crippen molar-refractivity contribution in [2.75, 3.05) is 24.1 Å². The summed E-state index contributed by atoms with van der Waals surface area (Å²) < 4.78 is 0.799. The lowest BCUT2D eigenvalue weighted by molar-refractivity contribution is -0.117. The number of nitrogens with two attached hydrogens (primary N) is 1. The predicted octanol–water partition coefficient (Wildman–Crippen LogP) is 3.09. The highest BCUT2D eigenvalue weighted by atomic mass is 79.9. The van der Waals surface area contributed by atoms with E-state index in [0.29, 0.717) is 18.3 Å². The van der Waals surface area contributed by atoms with Crippen molar-refractivity contribution < 1.29 is 4.79 Å². The molecular formula is C14H22BrN3O. The molecule has 0 fully saturated rings. The van der Waals surface area contributed by atoms with E-state index >= 15 is 0 Å². The molecule has 1 amide bonds. The Morgan fingerprint density at radius 2 is 2.16 bits per heavy atom. The second-order valence-electron chi connectivity index (χ2n) is 4.85. The summed E-state index contributed by atoms with van der Waals surface area (Å²) in [4.78, 5) is 14.2. The molecule has 4 nitrogen and oxygen atoms in total. The van der Waals surface area contributed by atoms with E-state index in [1.165, 1.54) is 0 Å². The van der Waals surface area contributed by atoms with E-state index in [1.807, 2.05) is 0 Å². The van der Waals surface area contributed by atoms with Gasteiger partial charge in [0.05, 0.1) is 12.2 Å². The molecule has 0 heterocycles. The highest BCUT2D eigenvalue weighted by Crippen LogP contribution is 2.24. The first-order valence-corrected chi connectivity index (χ1v) is 7.32. The number of amides is 1. The van der Waals surface area contributed by atoms with Crippen molar-refractivity contribution in [3.05, 3.63) is 22.7 Å². The molecule has 3 N–H and O–H groups in total. The maximum Gasteiger partial charge on any atom is 0.238 e. The van der Waals surface area contributed by atoms with Crippen LogP contribution >= 0.6 is 15.9 Å². The molecule has 0 radical (unpaired) electrons. The molecule has 0 spiro atoms. The van der Waals surface area contributed by atoms with Crippen LogP contribution < -0.4 is 11.1 Å². The Kier molecular flexibility index (Phi) is 6.31. The molecule has 0 unspecified atom stereocenters. The van der Waals surface area contributed by atoms with Crippen LogP contribution in [0.5, 0.6) is 0 Å². The first-order chi connectivity index (χ1) is 8.93. The van der Waals surface area contributed by atoms with E-state index in [0.717, 1.165) is 23.1 Å². The summed E-state index contributed by atoms with van der Waals surface area (Å²) in [6.45, 7) is 7.64. The van der Waals surface area contributed by atoms with Gasteiger partial charge in [-0.2, -0.15) is 0 Å². The molecule has 0 bridgehead atoms. The van der Waals surface area contributed by atoms with Gasteiger partial charge >= 0.3 is 0 Å². The maximum absolute atomic E-state index is 12.0. The summed E-state index contributed by atoms with van der Waals surface area (Å²) >= 11 is 3.39. The van der Waals surface area contributed by atoms with Gasteiger partial charge in [0.1, 0.15) is 0 Å². The Morgan fingerprint density at radius 1 is 1.47 bits per heavy atom. The Bertz CT molecular complexity index is 435. The molecule has 1 aromatic rings. The molecule has 0 aliphatic carbocycles. The van der Waals surface area contributed by atoms with Crippen molar-refractivity contribution in [3.63, 3.8) is 0 Å². The van der Waals surface area contributed by atoms with E-state index in [-0.39, 0.29) is 5.91 Å². The van der Waals surface area contributed by atoms with Crippen LogP contribution in [0, 0.1) is 0 Å². The van der Waals surface area contributed by atoms with Gasteiger partial charge in [-0.05, 0) is 60.9 Å². The molecular weight excluding hydrogens is 306 g/mol. The van der Waals surface area contributed by atoms with Crippen molar-refractivity contribution in [3.8, 4) is 0 Å². The summed E-state index contributed by atoms with van der Waals surface area (Å²) in [6, 6.07) is 5.71. The number of hydrogen-bond donors (Lipinski definition) is 2. The van der Waals surface area contributed by atoms with Gasteiger partial charge in [-0.25, -0.2) is 0 Å². The van der Waals surface area contributed by atoms with Crippen molar-refractivity contribution in [1.82, 2.24) is 4.90 Å². The normalized spacial score (nSPS) is 11.1. The van der Waals surface area contributed by atoms with Gasteiger partial charge < -0.3 is 11.1 Å². The number of hydrogen-bond acceptors (Lipinski definition) is 3. The quantitative estimate of drug-likeness (QED) is 0.789. The average Bonchev–Trinajstić information content (AvgIpc) is 2.32. The molecule has 1 rings (SSSR count). The Morgan fingerprint density at radius 3 is 2.68 bits per heavy atom. The molecule has 1 aromatic carbocycles. The summed E-state index contributed by atoms with van der Waals surface area (Å²) in [5, 5.41) is 2.90. The fraction of sp³-hybridized carbons (Fsp3) is 0.500. The molecule has 19 heavy (non-hydrogen) atoms. The summed E-state index contributed by atoms with van der Waals surface area (Å²) in [5.74, 6) is -0.00683. The van der Waals surface area contributed by atoms with Crippen LogP contribution in [-0.2, 0) is 4.79 Å². The third-order valence-electron chi connectivity index (χ3n) is 2.86. The second-order valence-corrected chi connectivity index (χ2v) is 5.71. The summed E-state index contributed by atoms with van der Waals surface area (Å²) in [7, 11) is 0. The van der Waals surface area contributed by atoms with Crippen LogP contribution in [0.25, 0.3) is 0 Å². The third kappa shape index (κ3) is 5.20. The largest absolute Gasteiger partial charge is 0.399 e. The summed E-state index contributed by atoms with van der Waals surface area (Å²) in [6.07, 6.45) is 1.04. The predicted molar refractivity (Wildman–Crippen MR) is 84.2 cm³/mol. The molecule has 0 aliphatic rings. The van der Waals surface area contributed by atoms with Gasteiger partial charge in [0.2, 0.25) is 5.91 Å². The molecule has 0 saturated heterocycles. The van der Waals surface area contributed by atoms with Gasteiger partial charge in [-0.3, -0.25) is 9.69 Å². The lowest BCUT2D eigenvalue weighted by Crippen LogP contribution is -2.38. The number of carbonyl (C=O) groups is 1. The fourth-order valence-electron chi connectivity index (χ4n) is 1.81. The zero-order chi connectivity index (χ0) is 14.4. The number of rotatable bonds is 6. The Balaban J connectivity index is 2.63. The highest BCUT2D eigenvalue weighted by Gasteiger charge is 2.14. The number of halogens is 1. The zero-order valence-corrected chi connectivity index (χ0v) is 13.3. The van der Waals surface area contributed by atoms with Crippen molar-refractivity contribution in [2.45, 2.75) is 33.2 Å². The Labute approximate surface area is 123 Å². The fourth-order valence-corrected chi connectivity index (χ4v) is 2.31. The van der Waals surface area contributed by atoms with Gasteiger partial charge in [0.15, 0.2) is 0 Å². The van der Waals surface area contributed by atoms with E-state index < -0.39 is 0 Å². The molecule has 0 aromatic heterocycles. The number of benzene rings is 1. The average molecular weight is 328 g/mol. The first-order valence-electron chi connectivity index (χ1n) is 6.53. The van der Waals surface area contributed by atoms with E-state index in [2.05, 4.69) is 46.9 Å².